The number of nitrogens with one attached hydrogen (secondary N) is 1. The Bertz CT molecular complexity index is 469. The zero-order chi connectivity index (χ0) is 14.3. The topological polar surface area (TPSA) is 86.3 Å². The summed E-state index contributed by atoms with van der Waals surface area (Å²) in [4.78, 5) is 11.7. The van der Waals surface area contributed by atoms with E-state index in [9.17, 15) is 9.90 Å². The van der Waals surface area contributed by atoms with E-state index >= 15 is 0 Å². The van der Waals surface area contributed by atoms with Gasteiger partial charge in [-0.15, -0.1) is 0 Å². The van der Waals surface area contributed by atoms with Crippen molar-refractivity contribution in [2.75, 3.05) is 6.54 Å². The number of nitriles is 1. The Morgan fingerprint density at radius 1 is 1.63 bits per heavy atom. The number of nitrogens with zero attached hydrogens (tertiary/aromatic N) is 1. The number of aliphatic hydroxyl groups excluding tert-OH is 1. The summed E-state index contributed by atoms with van der Waals surface area (Å²) >= 11 is 0. The smallest absolute Gasteiger partial charge is 0.262 e. The summed E-state index contributed by atoms with van der Waals surface area (Å²) in [6, 6.07) is 5.17. The predicted octanol–water partition coefficient (Wildman–Crippen LogP) is 1.71. The molecule has 0 aromatic carbocycles. The van der Waals surface area contributed by atoms with Crippen molar-refractivity contribution in [2.24, 2.45) is 5.92 Å². The van der Waals surface area contributed by atoms with Gasteiger partial charge < -0.3 is 14.8 Å². The van der Waals surface area contributed by atoms with Gasteiger partial charge in [-0.1, -0.05) is 13.8 Å². The fraction of sp³-hybridized carbons (Fsp3) is 0.429. The van der Waals surface area contributed by atoms with Gasteiger partial charge in [-0.2, -0.15) is 5.26 Å². The summed E-state index contributed by atoms with van der Waals surface area (Å²) < 4.78 is 5.04. The molecule has 2 N–H and O–H groups in total. The van der Waals surface area contributed by atoms with Crippen molar-refractivity contribution in [1.82, 2.24) is 5.32 Å². The monoisotopic (exact) mass is 262 g/mol. The van der Waals surface area contributed by atoms with Crippen LogP contribution < -0.4 is 5.32 Å². The molecular formula is C14H18N2O3. The van der Waals surface area contributed by atoms with Gasteiger partial charge in [0.15, 0.2) is 0 Å². The van der Waals surface area contributed by atoms with E-state index in [1.54, 1.807) is 12.1 Å². The van der Waals surface area contributed by atoms with Crippen molar-refractivity contribution in [3.8, 4) is 6.07 Å². The van der Waals surface area contributed by atoms with Crippen molar-refractivity contribution < 1.29 is 14.3 Å². The number of hydrogen-bond acceptors (Lipinski definition) is 4. The second kappa shape index (κ2) is 7.39. The van der Waals surface area contributed by atoms with E-state index in [4.69, 9.17) is 9.68 Å². The molecule has 1 aromatic rings. The molecule has 1 rings (SSSR count). The maximum atomic E-state index is 11.7. The molecular weight excluding hydrogens is 244 g/mol. The molecule has 0 bridgehead atoms. The van der Waals surface area contributed by atoms with Crippen LogP contribution in [0.4, 0.5) is 0 Å². The molecule has 102 valence electrons. The Balaban J connectivity index is 2.50. The third-order valence-corrected chi connectivity index (χ3v) is 2.69. The number of carbonyl (C=O) groups is 1. The average molecular weight is 262 g/mol. The number of aliphatic hydroxyl groups is 1. The van der Waals surface area contributed by atoms with E-state index in [2.05, 4.69) is 5.32 Å². The summed E-state index contributed by atoms with van der Waals surface area (Å²) in [6.07, 6.45) is 2.86. The Labute approximate surface area is 112 Å². The number of amides is 1. The lowest BCUT2D eigenvalue weighted by Crippen LogP contribution is -2.29. The zero-order valence-corrected chi connectivity index (χ0v) is 11.1. The van der Waals surface area contributed by atoms with Crippen molar-refractivity contribution in [2.45, 2.75) is 26.4 Å². The van der Waals surface area contributed by atoms with Crippen LogP contribution in [0.1, 0.15) is 26.0 Å². The minimum absolute atomic E-state index is 0.0195. The van der Waals surface area contributed by atoms with Crippen LogP contribution in [0.25, 0.3) is 6.08 Å². The lowest BCUT2D eigenvalue weighted by molar-refractivity contribution is -0.117. The van der Waals surface area contributed by atoms with Crippen LogP contribution in [0, 0.1) is 17.2 Å². The largest absolute Gasteiger partial charge is 0.465 e. The van der Waals surface area contributed by atoms with Crippen LogP contribution in [0.2, 0.25) is 0 Å². The molecule has 0 aliphatic heterocycles. The molecule has 19 heavy (non-hydrogen) atoms. The van der Waals surface area contributed by atoms with E-state index in [-0.39, 0.29) is 11.5 Å². The molecule has 5 nitrogen and oxygen atoms in total. The molecule has 0 saturated heterocycles. The van der Waals surface area contributed by atoms with Gasteiger partial charge >= 0.3 is 0 Å². The Morgan fingerprint density at radius 2 is 2.37 bits per heavy atom. The highest BCUT2D eigenvalue weighted by molar-refractivity contribution is 6.01. The first kappa shape index (κ1) is 15.0. The lowest BCUT2D eigenvalue weighted by atomic mass is 10.0. The molecule has 1 atom stereocenters. The third kappa shape index (κ3) is 4.98. The molecule has 0 radical (unpaired) electrons. The number of hydrogen-bond donors (Lipinski definition) is 2. The van der Waals surface area contributed by atoms with E-state index in [0.717, 1.165) is 0 Å². The number of furan rings is 1. The second-order valence-corrected chi connectivity index (χ2v) is 4.54. The zero-order valence-electron chi connectivity index (χ0n) is 11.1. The molecule has 0 aliphatic rings. The van der Waals surface area contributed by atoms with Crippen LogP contribution in [0.5, 0.6) is 0 Å². The maximum Gasteiger partial charge on any atom is 0.262 e. The van der Waals surface area contributed by atoms with Gasteiger partial charge in [0.1, 0.15) is 17.4 Å². The van der Waals surface area contributed by atoms with Crippen LogP contribution in [0.3, 0.4) is 0 Å². The van der Waals surface area contributed by atoms with E-state index in [1.165, 1.54) is 12.3 Å². The highest BCUT2D eigenvalue weighted by Crippen LogP contribution is 2.08. The normalized spacial score (nSPS) is 13.1. The summed E-state index contributed by atoms with van der Waals surface area (Å²) in [7, 11) is 0. The van der Waals surface area contributed by atoms with Crippen LogP contribution in [-0.2, 0) is 4.79 Å². The first-order valence-corrected chi connectivity index (χ1v) is 6.16. The standard InChI is InChI=1S/C14H18N2O3/c1-10(2)13(17)5-6-16-14(18)11(9-15)8-12-4-3-7-19-12/h3-4,7-8,10,13,17H,5-6H2,1-2H3,(H,16,18). The lowest BCUT2D eigenvalue weighted by Gasteiger charge is -2.14. The Kier molecular flexibility index (Phi) is 5.83. The van der Waals surface area contributed by atoms with Gasteiger partial charge in [0, 0.05) is 12.6 Å². The molecule has 0 aliphatic carbocycles. The Morgan fingerprint density at radius 3 is 2.89 bits per heavy atom. The van der Waals surface area contributed by atoms with Crippen LogP contribution in [0.15, 0.2) is 28.4 Å². The van der Waals surface area contributed by atoms with Gasteiger partial charge in [0.25, 0.3) is 5.91 Å². The van der Waals surface area contributed by atoms with Crippen molar-refractivity contribution >= 4 is 12.0 Å². The van der Waals surface area contributed by atoms with Crippen molar-refractivity contribution in [3.05, 3.63) is 29.7 Å². The van der Waals surface area contributed by atoms with Crippen LogP contribution >= 0.6 is 0 Å². The molecule has 5 heteroatoms. The quantitative estimate of drug-likeness (QED) is 0.603. The first-order valence-electron chi connectivity index (χ1n) is 6.16. The van der Waals surface area contributed by atoms with Crippen molar-refractivity contribution in [3.63, 3.8) is 0 Å². The molecule has 1 heterocycles. The molecule has 1 amide bonds. The highest BCUT2D eigenvalue weighted by Gasteiger charge is 2.12. The summed E-state index contributed by atoms with van der Waals surface area (Å²) in [5.41, 5.74) is -0.0195. The molecule has 0 saturated carbocycles. The number of rotatable bonds is 6. The van der Waals surface area contributed by atoms with E-state index < -0.39 is 12.0 Å². The van der Waals surface area contributed by atoms with Gasteiger partial charge in [-0.25, -0.2) is 0 Å². The SMILES string of the molecule is CC(C)C(O)CCNC(=O)C(C#N)=Cc1ccco1. The van der Waals surface area contributed by atoms with Gasteiger partial charge in [-0.05, 0) is 24.5 Å². The summed E-state index contributed by atoms with van der Waals surface area (Å²) in [6.45, 7) is 4.14. The Hall–Kier alpha value is -2.06. The molecule has 0 fully saturated rings. The molecule has 1 aromatic heterocycles. The highest BCUT2D eigenvalue weighted by atomic mass is 16.3. The third-order valence-electron chi connectivity index (χ3n) is 2.69. The fourth-order valence-electron chi connectivity index (χ4n) is 1.43. The van der Waals surface area contributed by atoms with Gasteiger partial charge in [0.2, 0.25) is 0 Å². The number of carbonyl (C=O) groups excluding carboxylic acids is 1. The van der Waals surface area contributed by atoms with Crippen molar-refractivity contribution in [1.29, 1.82) is 5.26 Å². The van der Waals surface area contributed by atoms with E-state index in [1.807, 2.05) is 19.9 Å². The summed E-state index contributed by atoms with van der Waals surface area (Å²) in [5.74, 6) is 0.134. The van der Waals surface area contributed by atoms with Gasteiger partial charge in [0.05, 0.1) is 12.4 Å². The minimum atomic E-state index is -0.463. The first-order chi connectivity index (χ1) is 9.04. The van der Waals surface area contributed by atoms with Gasteiger partial charge in [-0.3, -0.25) is 4.79 Å². The molecule has 0 spiro atoms. The maximum absolute atomic E-state index is 11.7. The fourth-order valence-corrected chi connectivity index (χ4v) is 1.43. The predicted molar refractivity (Wildman–Crippen MR) is 70.8 cm³/mol. The van der Waals surface area contributed by atoms with E-state index in [0.29, 0.717) is 18.7 Å². The van der Waals surface area contributed by atoms with Crippen LogP contribution in [-0.4, -0.2) is 23.7 Å². The minimum Gasteiger partial charge on any atom is -0.465 e. The average Bonchev–Trinajstić information content (AvgIpc) is 2.88. The second-order valence-electron chi connectivity index (χ2n) is 4.54. The summed E-state index contributed by atoms with van der Waals surface area (Å²) in [5, 5.41) is 21.1. The molecule has 1 unspecified atom stereocenters.